The summed E-state index contributed by atoms with van der Waals surface area (Å²) in [5.41, 5.74) is 15.3. The summed E-state index contributed by atoms with van der Waals surface area (Å²) < 4.78 is 3.44. The highest BCUT2D eigenvalue weighted by Gasteiger charge is 2.15. The molecule has 0 spiro atoms. The number of benzene rings is 1. The van der Waals surface area contributed by atoms with Crippen molar-refractivity contribution in [2.24, 2.45) is 18.5 Å². The monoisotopic (exact) mass is 315 g/mol. The standard InChI is InChI=1S/C11H13N3O.CH4N2S.ClH/c1-8-10(12)11(15)14(13(8)2)9-6-4-3-5-7-9;2-1(3)4;/h3-7H,12H2,1-2H3;(H4,2,3,4);1H. The molecule has 1 aromatic heterocycles. The van der Waals surface area contributed by atoms with Gasteiger partial charge in [-0.1, -0.05) is 18.2 Å². The van der Waals surface area contributed by atoms with Crippen molar-refractivity contribution in [1.29, 1.82) is 0 Å². The molecule has 0 saturated heterocycles. The molecular weight excluding hydrogens is 298 g/mol. The minimum atomic E-state index is -0.0544. The number of hydrogen-bond acceptors (Lipinski definition) is 2. The number of hydrogen-bond donors (Lipinski definition) is 3. The van der Waals surface area contributed by atoms with Gasteiger partial charge in [-0.3, -0.25) is 9.48 Å². The molecule has 0 saturated carbocycles. The Kier molecular flexibility index (Phi) is 6.98. The zero-order valence-corrected chi connectivity index (χ0v) is 12.9. The van der Waals surface area contributed by atoms with E-state index in [0.717, 1.165) is 11.4 Å². The van der Waals surface area contributed by atoms with Gasteiger partial charge in [0.25, 0.3) is 0 Å². The molecule has 2 aromatic rings. The van der Waals surface area contributed by atoms with Crippen LogP contribution >= 0.6 is 12.2 Å². The number of nitrogens with two attached hydrogens (primary N) is 2. The van der Waals surface area contributed by atoms with Crippen molar-refractivity contribution >= 4 is 23.0 Å². The van der Waals surface area contributed by atoms with Crippen molar-refractivity contribution in [2.75, 3.05) is 0 Å². The molecule has 1 heterocycles. The van der Waals surface area contributed by atoms with E-state index in [9.17, 15) is 4.79 Å². The molecule has 2 rings (SSSR count). The van der Waals surface area contributed by atoms with E-state index in [1.807, 2.05) is 49.0 Å². The summed E-state index contributed by atoms with van der Waals surface area (Å²) in [5.74, 6) is 0. The average Bonchev–Trinajstić information content (AvgIpc) is 2.54. The lowest BCUT2D eigenvalue weighted by molar-refractivity contribution is -0.257. The van der Waals surface area contributed by atoms with Gasteiger partial charge < -0.3 is 29.6 Å². The highest BCUT2D eigenvalue weighted by molar-refractivity contribution is 7.80. The molecule has 0 aliphatic rings. The van der Waals surface area contributed by atoms with Crippen molar-refractivity contribution < 1.29 is 18.1 Å². The minimum absolute atomic E-state index is 0. The Balaban J connectivity index is 0.000000644. The Labute approximate surface area is 128 Å². The maximum absolute atomic E-state index is 11.9. The second kappa shape index (κ2) is 7.68. The van der Waals surface area contributed by atoms with Crippen LogP contribution in [0.25, 0.3) is 5.69 Å². The summed E-state index contributed by atoms with van der Waals surface area (Å²) in [5, 5.41) is 0.000000000000000222. The van der Waals surface area contributed by atoms with Gasteiger partial charge in [0.15, 0.2) is 5.11 Å². The topological polar surface area (TPSA) is 107 Å². The maximum Gasteiger partial charge on any atom is 0.332 e. The van der Waals surface area contributed by atoms with Crippen LogP contribution in [0.4, 0.5) is 5.69 Å². The molecule has 20 heavy (non-hydrogen) atoms. The second-order valence-corrected chi connectivity index (χ2v) is 4.41. The zero-order chi connectivity index (χ0) is 14.6. The highest BCUT2D eigenvalue weighted by Crippen LogP contribution is 2.09. The molecular formula is C12H18ClN5OS. The summed E-state index contributed by atoms with van der Waals surface area (Å²) >= 11 is 4.09. The summed E-state index contributed by atoms with van der Waals surface area (Å²) in [6, 6.07) is 9.55. The average molecular weight is 316 g/mol. The molecule has 0 atom stereocenters. The van der Waals surface area contributed by atoms with E-state index in [-0.39, 0.29) is 23.1 Å². The predicted molar refractivity (Wildman–Crippen MR) is 79.3 cm³/mol. The molecule has 0 aliphatic carbocycles. The molecule has 8 heteroatoms. The third kappa shape index (κ3) is 4.09. The van der Waals surface area contributed by atoms with Crippen molar-refractivity contribution in [3.63, 3.8) is 0 Å². The van der Waals surface area contributed by atoms with Crippen LogP contribution in [0.5, 0.6) is 0 Å². The fraction of sp³-hybridized carbons (Fsp3) is 0.167. The van der Waals surface area contributed by atoms with Gasteiger partial charge in [-0.05, 0) is 31.3 Å². The zero-order valence-electron chi connectivity index (χ0n) is 11.3. The van der Waals surface area contributed by atoms with Gasteiger partial charge in [0.2, 0.25) is 5.69 Å². The molecule has 0 aliphatic heterocycles. The van der Waals surface area contributed by atoms with Crippen LogP contribution in [-0.4, -0.2) is 14.5 Å². The first-order valence-corrected chi connectivity index (χ1v) is 5.98. The van der Waals surface area contributed by atoms with E-state index in [2.05, 4.69) is 29.4 Å². The van der Waals surface area contributed by atoms with Crippen molar-refractivity contribution in [1.82, 2.24) is 9.36 Å². The van der Waals surface area contributed by atoms with Crippen molar-refractivity contribution in [3.8, 4) is 5.69 Å². The first-order valence-electron chi connectivity index (χ1n) is 5.57. The van der Waals surface area contributed by atoms with Crippen LogP contribution < -0.4 is 35.2 Å². The largest absolute Gasteiger partial charge is 1.00 e. The minimum Gasteiger partial charge on any atom is -1.00 e. The van der Waals surface area contributed by atoms with Crippen LogP contribution in [0.3, 0.4) is 0 Å². The molecule has 0 radical (unpaired) electrons. The number of nitrogens with zero attached hydrogens (tertiary/aromatic N) is 2. The van der Waals surface area contributed by atoms with Crippen molar-refractivity contribution in [3.05, 3.63) is 46.4 Å². The number of aromatic nitrogens is 2. The summed E-state index contributed by atoms with van der Waals surface area (Å²) in [4.78, 5) is 11.9. The van der Waals surface area contributed by atoms with E-state index in [0.29, 0.717) is 5.69 Å². The van der Waals surface area contributed by atoms with Gasteiger partial charge >= 0.3 is 5.56 Å². The lowest BCUT2D eigenvalue weighted by Gasteiger charge is -2.06. The predicted octanol–water partition coefficient (Wildman–Crippen LogP) is -3.45. The number of quaternary nitrogens is 1. The van der Waals surface area contributed by atoms with Gasteiger partial charge in [0, 0.05) is 7.05 Å². The molecule has 1 aromatic carbocycles. The van der Waals surface area contributed by atoms with Gasteiger partial charge in [0.05, 0.1) is 11.4 Å². The maximum atomic E-state index is 11.9. The van der Waals surface area contributed by atoms with Gasteiger partial charge in [0.1, 0.15) is 0 Å². The highest BCUT2D eigenvalue weighted by atomic mass is 35.5. The number of para-hydroxylation sites is 1. The van der Waals surface area contributed by atoms with E-state index in [1.54, 1.807) is 4.68 Å². The molecule has 110 valence electrons. The Morgan fingerprint density at radius 3 is 2.05 bits per heavy atom. The quantitative estimate of drug-likeness (QED) is 0.476. The van der Waals surface area contributed by atoms with E-state index in [1.165, 1.54) is 0 Å². The second-order valence-electron chi connectivity index (χ2n) is 3.94. The van der Waals surface area contributed by atoms with Gasteiger partial charge in [-0.15, -0.1) is 0 Å². The first-order chi connectivity index (χ1) is 8.86. The molecule has 7 N–H and O–H groups in total. The summed E-state index contributed by atoms with van der Waals surface area (Å²) in [7, 11) is 1.86. The molecule has 0 fully saturated rings. The van der Waals surface area contributed by atoms with E-state index in [4.69, 9.17) is 0 Å². The molecule has 6 nitrogen and oxygen atoms in total. The van der Waals surface area contributed by atoms with Gasteiger partial charge in [-0.2, -0.15) is 0 Å². The number of rotatable bonds is 1. The van der Waals surface area contributed by atoms with E-state index >= 15 is 0 Å². The van der Waals surface area contributed by atoms with Crippen LogP contribution in [0.2, 0.25) is 0 Å². The van der Waals surface area contributed by atoms with Crippen LogP contribution in [0.15, 0.2) is 35.1 Å². The first kappa shape index (κ1) is 18.2. The van der Waals surface area contributed by atoms with Crippen molar-refractivity contribution in [2.45, 2.75) is 6.92 Å². The smallest absolute Gasteiger partial charge is 0.332 e. The summed E-state index contributed by atoms with van der Waals surface area (Å²) in [6.07, 6.45) is 0. The van der Waals surface area contributed by atoms with Crippen LogP contribution in [0.1, 0.15) is 5.69 Å². The fourth-order valence-corrected chi connectivity index (χ4v) is 1.62. The van der Waals surface area contributed by atoms with E-state index < -0.39 is 0 Å². The van der Waals surface area contributed by atoms with Crippen LogP contribution in [-0.2, 0) is 7.05 Å². The summed E-state index contributed by atoms with van der Waals surface area (Å²) in [6.45, 7) is 1.89. The number of halogens is 1. The Hall–Kier alpha value is -1.83. The third-order valence-corrected chi connectivity index (χ3v) is 2.67. The molecule has 0 amide bonds. The molecule has 0 bridgehead atoms. The Morgan fingerprint density at radius 2 is 1.70 bits per heavy atom. The normalized spacial score (nSPS) is 9.15. The van der Waals surface area contributed by atoms with Crippen LogP contribution in [0, 0.1) is 6.92 Å². The van der Waals surface area contributed by atoms with Gasteiger partial charge in [-0.25, -0.2) is 4.68 Å². The number of thiocarbonyl (C=S) groups is 1. The Bertz CT molecular complexity index is 631. The lowest BCUT2D eigenvalue weighted by Crippen LogP contribution is -3.00. The third-order valence-electron chi connectivity index (χ3n) is 2.67. The SMILES string of the molecule is Cc1c([NH3+])c(=O)n(-c2ccccc2)n1C.NC(N)=S.[Cl-]. The molecule has 0 unspecified atom stereocenters. The Morgan fingerprint density at radius 1 is 1.25 bits per heavy atom. The lowest BCUT2D eigenvalue weighted by atomic mass is 10.3. The fourth-order valence-electron chi connectivity index (χ4n) is 1.62.